The third-order valence-electron chi connectivity index (χ3n) is 3.99. The third-order valence-corrected chi connectivity index (χ3v) is 3.99. The van der Waals surface area contributed by atoms with E-state index in [1.165, 1.54) is 12.1 Å². The van der Waals surface area contributed by atoms with Crippen LogP contribution in [0, 0.1) is 0 Å². The number of carbonyl (C=O) groups is 3. The molecule has 1 saturated heterocycles. The number of carboxylic acids is 1. The Balaban J connectivity index is 1.70. The Hall–Kier alpha value is -2.37. The fraction of sp³-hybridized carbons (Fsp3) is 0.471. The zero-order valence-corrected chi connectivity index (χ0v) is 13.1. The predicted octanol–water partition coefficient (Wildman–Crippen LogP) is 1.45. The number of carboxylic acid groups (broad SMARTS) is 1. The molecule has 1 aliphatic heterocycles. The van der Waals surface area contributed by atoms with Crippen LogP contribution in [0.3, 0.4) is 0 Å². The lowest BCUT2D eigenvalue weighted by Gasteiger charge is -2.26. The van der Waals surface area contributed by atoms with Gasteiger partial charge in [-0.15, -0.1) is 0 Å². The molecule has 0 unspecified atom stereocenters. The van der Waals surface area contributed by atoms with Gasteiger partial charge < -0.3 is 15.3 Å². The van der Waals surface area contributed by atoms with Gasteiger partial charge in [-0.1, -0.05) is 12.1 Å². The molecule has 0 atom stereocenters. The highest BCUT2D eigenvalue weighted by atomic mass is 16.4. The molecule has 1 aromatic carbocycles. The van der Waals surface area contributed by atoms with Crippen molar-refractivity contribution in [2.75, 3.05) is 19.6 Å². The molecule has 0 bridgehead atoms. The van der Waals surface area contributed by atoms with Gasteiger partial charge in [0.05, 0.1) is 12.1 Å². The Morgan fingerprint density at radius 2 is 1.70 bits per heavy atom. The Bertz CT molecular complexity index is 562. The van der Waals surface area contributed by atoms with E-state index in [1.54, 1.807) is 17.0 Å². The van der Waals surface area contributed by atoms with Crippen LogP contribution in [0.1, 0.15) is 41.6 Å². The average molecular weight is 318 g/mol. The monoisotopic (exact) mass is 318 g/mol. The molecule has 1 fully saturated rings. The summed E-state index contributed by atoms with van der Waals surface area (Å²) in [5.41, 5.74) is 1.12. The molecule has 0 saturated carbocycles. The Morgan fingerprint density at radius 3 is 2.30 bits per heavy atom. The van der Waals surface area contributed by atoms with Gasteiger partial charge in [-0.25, -0.2) is 4.79 Å². The van der Waals surface area contributed by atoms with Gasteiger partial charge >= 0.3 is 5.97 Å². The summed E-state index contributed by atoms with van der Waals surface area (Å²) in [6.07, 6.45) is 4.03. The van der Waals surface area contributed by atoms with E-state index >= 15 is 0 Å². The molecule has 0 radical (unpaired) electrons. The number of carbonyl (C=O) groups excluding carboxylic acids is 2. The zero-order chi connectivity index (χ0) is 16.7. The van der Waals surface area contributed by atoms with Crippen LogP contribution in [0.4, 0.5) is 0 Å². The molecule has 1 heterocycles. The SMILES string of the molecule is O=C(CCc1ccc(C(=O)O)cc1)NCC(=O)N1CCCCC1. The molecule has 0 aliphatic carbocycles. The summed E-state index contributed by atoms with van der Waals surface area (Å²) in [5.74, 6) is -1.16. The molecule has 6 nitrogen and oxygen atoms in total. The van der Waals surface area contributed by atoms with E-state index in [9.17, 15) is 14.4 Å². The van der Waals surface area contributed by atoms with Crippen molar-refractivity contribution in [1.82, 2.24) is 10.2 Å². The maximum absolute atomic E-state index is 11.9. The fourth-order valence-corrected chi connectivity index (χ4v) is 2.59. The fourth-order valence-electron chi connectivity index (χ4n) is 2.59. The molecule has 124 valence electrons. The second-order valence-corrected chi connectivity index (χ2v) is 5.72. The maximum atomic E-state index is 11.9. The smallest absolute Gasteiger partial charge is 0.335 e. The highest BCUT2D eigenvalue weighted by Gasteiger charge is 2.16. The average Bonchev–Trinajstić information content (AvgIpc) is 2.59. The van der Waals surface area contributed by atoms with E-state index in [4.69, 9.17) is 5.11 Å². The number of piperidine rings is 1. The summed E-state index contributed by atoms with van der Waals surface area (Å²) in [7, 11) is 0. The zero-order valence-electron chi connectivity index (χ0n) is 13.1. The number of nitrogens with zero attached hydrogens (tertiary/aromatic N) is 1. The molecule has 6 heteroatoms. The highest BCUT2D eigenvalue weighted by molar-refractivity contribution is 5.87. The quantitative estimate of drug-likeness (QED) is 0.831. The number of hydrogen-bond acceptors (Lipinski definition) is 3. The summed E-state index contributed by atoms with van der Waals surface area (Å²) in [4.78, 5) is 36.3. The van der Waals surface area contributed by atoms with Gasteiger partial charge in [0.2, 0.25) is 11.8 Å². The minimum Gasteiger partial charge on any atom is -0.478 e. The van der Waals surface area contributed by atoms with Crippen LogP contribution in [-0.2, 0) is 16.0 Å². The van der Waals surface area contributed by atoms with Gasteiger partial charge in [-0.3, -0.25) is 9.59 Å². The van der Waals surface area contributed by atoms with E-state index in [0.29, 0.717) is 6.42 Å². The van der Waals surface area contributed by atoms with Gasteiger partial charge in [0, 0.05) is 19.5 Å². The molecule has 2 N–H and O–H groups in total. The first-order valence-electron chi connectivity index (χ1n) is 7.93. The highest BCUT2D eigenvalue weighted by Crippen LogP contribution is 2.09. The van der Waals surface area contributed by atoms with Gasteiger partial charge in [0.1, 0.15) is 0 Å². The first kappa shape index (κ1) is 17.0. The Morgan fingerprint density at radius 1 is 1.04 bits per heavy atom. The molecule has 1 aromatic rings. The van der Waals surface area contributed by atoms with Crippen LogP contribution < -0.4 is 5.32 Å². The number of aromatic carboxylic acids is 1. The lowest BCUT2D eigenvalue weighted by atomic mass is 10.1. The van der Waals surface area contributed by atoms with Crippen molar-refractivity contribution in [2.24, 2.45) is 0 Å². The molecular formula is C17H22N2O4. The first-order chi connectivity index (χ1) is 11.1. The number of benzene rings is 1. The van der Waals surface area contributed by atoms with Crippen LogP contribution in [0.25, 0.3) is 0 Å². The summed E-state index contributed by atoms with van der Waals surface area (Å²) in [6, 6.07) is 6.45. The van der Waals surface area contributed by atoms with Crippen molar-refractivity contribution in [1.29, 1.82) is 0 Å². The first-order valence-corrected chi connectivity index (χ1v) is 7.93. The van der Waals surface area contributed by atoms with Gasteiger partial charge in [0.25, 0.3) is 0 Å². The van der Waals surface area contributed by atoms with Crippen molar-refractivity contribution in [3.05, 3.63) is 35.4 Å². The van der Waals surface area contributed by atoms with Crippen LogP contribution in [0.5, 0.6) is 0 Å². The van der Waals surface area contributed by atoms with Crippen LogP contribution in [-0.4, -0.2) is 47.4 Å². The van der Waals surface area contributed by atoms with Crippen LogP contribution in [0.2, 0.25) is 0 Å². The van der Waals surface area contributed by atoms with Gasteiger partial charge in [-0.05, 0) is 43.4 Å². The molecule has 0 aromatic heterocycles. The van der Waals surface area contributed by atoms with Crippen LogP contribution >= 0.6 is 0 Å². The van der Waals surface area contributed by atoms with Crippen molar-refractivity contribution in [3.8, 4) is 0 Å². The second-order valence-electron chi connectivity index (χ2n) is 5.72. The number of amides is 2. The molecule has 2 rings (SSSR count). The number of hydrogen-bond donors (Lipinski definition) is 2. The molecule has 23 heavy (non-hydrogen) atoms. The van der Waals surface area contributed by atoms with E-state index in [-0.39, 0.29) is 30.3 Å². The number of nitrogens with one attached hydrogen (secondary N) is 1. The van der Waals surface area contributed by atoms with Crippen molar-refractivity contribution in [2.45, 2.75) is 32.1 Å². The second kappa shape index (κ2) is 8.31. The van der Waals surface area contributed by atoms with Gasteiger partial charge in [0.15, 0.2) is 0 Å². The van der Waals surface area contributed by atoms with Crippen molar-refractivity contribution < 1.29 is 19.5 Å². The van der Waals surface area contributed by atoms with E-state index in [2.05, 4.69) is 5.32 Å². The summed E-state index contributed by atoms with van der Waals surface area (Å²) >= 11 is 0. The molecule has 2 amide bonds. The van der Waals surface area contributed by atoms with Crippen LogP contribution in [0.15, 0.2) is 24.3 Å². The standard InChI is InChI=1S/C17H22N2O4/c20-15(18-12-16(21)19-10-2-1-3-11-19)9-6-13-4-7-14(8-5-13)17(22)23/h4-5,7-8H,1-3,6,9-12H2,(H,18,20)(H,22,23). The van der Waals surface area contributed by atoms with E-state index in [0.717, 1.165) is 37.9 Å². The van der Waals surface area contributed by atoms with E-state index < -0.39 is 5.97 Å². The number of aryl methyl sites for hydroxylation is 1. The molecule has 0 spiro atoms. The summed E-state index contributed by atoms with van der Waals surface area (Å²) in [6.45, 7) is 1.62. The van der Waals surface area contributed by atoms with Crippen molar-refractivity contribution in [3.63, 3.8) is 0 Å². The largest absolute Gasteiger partial charge is 0.478 e. The topological polar surface area (TPSA) is 86.7 Å². The minimum atomic E-state index is -0.967. The minimum absolute atomic E-state index is 0.0242. The normalized spacial score (nSPS) is 14.3. The number of rotatable bonds is 6. The van der Waals surface area contributed by atoms with Gasteiger partial charge in [-0.2, -0.15) is 0 Å². The third kappa shape index (κ3) is 5.39. The predicted molar refractivity (Wildman–Crippen MR) is 85.2 cm³/mol. The Labute approximate surface area is 135 Å². The summed E-state index contributed by atoms with van der Waals surface area (Å²) < 4.78 is 0. The lowest BCUT2D eigenvalue weighted by Crippen LogP contribution is -2.42. The number of likely N-dealkylation sites (tertiary alicyclic amines) is 1. The lowest BCUT2D eigenvalue weighted by molar-refractivity contribution is -0.133. The summed E-state index contributed by atoms with van der Waals surface area (Å²) in [5, 5.41) is 11.5. The molecule has 1 aliphatic rings. The molecular weight excluding hydrogens is 296 g/mol. The van der Waals surface area contributed by atoms with E-state index in [1.807, 2.05) is 0 Å². The maximum Gasteiger partial charge on any atom is 0.335 e. The van der Waals surface area contributed by atoms with Crippen molar-refractivity contribution >= 4 is 17.8 Å². The Kier molecular flexibility index (Phi) is 6.14.